The Morgan fingerprint density at radius 3 is 3.00 bits per heavy atom. The highest BCUT2D eigenvalue weighted by atomic mass is 19.1. The summed E-state index contributed by atoms with van der Waals surface area (Å²) in [7, 11) is 1.55. The van der Waals surface area contributed by atoms with Gasteiger partial charge in [-0.1, -0.05) is 6.58 Å². The fraction of sp³-hybridized carbons (Fsp3) is 0.800. The second-order valence-electron chi connectivity index (χ2n) is 3.86. The molecule has 0 saturated heterocycles. The first-order valence-corrected chi connectivity index (χ1v) is 4.70. The molecular formula is C10H18FNO. The molecule has 2 N–H and O–H groups in total. The Hall–Kier alpha value is -0.410. The maximum atomic E-state index is 14.1. The highest BCUT2D eigenvalue weighted by Crippen LogP contribution is 2.36. The maximum absolute atomic E-state index is 14.1. The molecule has 2 nitrogen and oxygen atoms in total. The molecule has 0 aliphatic heterocycles. The van der Waals surface area contributed by atoms with E-state index in [4.69, 9.17) is 10.5 Å². The lowest BCUT2D eigenvalue weighted by atomic mass is 9.79. The zero-order chi connectivity index (χ0) is 9.90. The van der Waals surface area contributed by atoms with E-state index in [1.807, 2.05) is 0 Å². The van der Waals surface area contributed by atoms with Gasteiger partial charge in [-0.15, -0.1) is 0 Å². The van der Waals surface area contributed by atoms with E-state index < -0.39 is 5.67 Å². The summed E-state index contributed by atoms with van der Waals surface area (Å²) in [5.41, 5.74) is 4.97. The van der Waals surface area contributed by atoms with Gasteiger partial charge >= 0.3 is 0 Å². The lowest BCUT2D eigenvalue weighted by molar-refractivity contribution is 0.109. The molecule has 0 bridgehead atoms. The van der Waals surface area contributed by atoms with Crippen molar-refractivity contribution in [1.82, 2.24) is 0 Å². The molecular weight excluding hydrogens is 169 g/mol. The predicted octanol–water partition coefficient (Wildman–Crippen LogP) is 1.80. The summed E-state index contributed by atoms with van der Waals surface area (Å²) in [6, 6.07) is -0.0210. The minimum atomic E-state index is -1.28. The zero-order valence-corrected chi connectivity index (χ0v) is 8.18. The molecule has 0 amide bonds. The molecule has 0 aromatic rings. The average molecular weight is 187 g/mol. The highest BCUT2D eigenvalue weighted by Gasteiger charge is 2.37. The van der Waals surface area contributed by atoms with E-state index in [0.717, 1.165) is 12.8 Å². The Labute approximate surface area is 78.9 Å². The van der Waals surface area contributed by atoms with Crippen LogP contribution >= 0.6 is 0 Å². The van der Waals surface area contributed by atoms with Gasteiger partial charge < -0.3 is 10.5 Å². The molecule has 3 heteroatoms. The Morgan fingerprint density at radius 2 is 2.46 bits per heavy atom. The van der Waals surface area contributed by atoms with Gasteiger partial charge in [0.2, 0.25) is 0 Å². The second kappa shape index (κ2) is 4.20. The monoisotopic (exact) mass is 187 g/mol. The number of hydrogen-bond acceptors (Lipinski definition) is 2. The predicted molar refractivity (Wildman–Crippen MR) is 51.3 cm³/mol. The number of alkyl halides is 1. The van der Waals surface area contributed by atoms with Crippen molar-refractivity contribution < 1.29 is 9.13 Å². The van der Waals surface area contributed by atoms with Crippen molar-refractivity contribution in [1.29, 1.82) is 0 Å². The summed E-state index contributed by atoms with van der Waals surface area (Å²) in [6.45, 7) is 4.01. The molecule has 1 aliphatic rings. The molecule has 13 heavy (non-hydrogen) atoms. The van der Waals surface area contributed by atoms with Crippen LogP contribution in [0.15, 0.2) is 12.2 Å². The van der Waals surface area contributed by atoms with Crippen molar-refractivity contribution in [2.45, 2.75) is 37.4 Å². The molecule has 2 atom stereocenters. The average Bonchev–Trinajstić information content (AvgIpc) is 2.04. The third-order valence-corrected chi connectivity index (χ3v) is 2.69. The summed E-state index contributed by atoms with van der Waals surface area (Å²) in [4.78, 5) is 0. The summed E-state index contributed by atoms with van der Waals surface area (Å²) >= 11 is 0. The van der Waals surface area contributed by atoms with Crippen LogP contribution in [0.5, 0.6) is 0 Å². The summed E-state index contributed by atoms with van der Waals surface area (Å²) in [5.74, 6) is 0. The summed E-state index contributed by atoms with van der Waals surface area (Å²) < 4.78 is 19.0. The third kappa shape index (κ3) is 2.51. The number of ether oxygens (including phenoxy) is 1. The molecule has 1 saturated carbocycles. The van der Waals surface area contributed by atoms with E-state index in [-0.39, 0.29) is 6.04 Å². The Bertz CT molecular complexity index is 195. The minimum absolute atomic E-state index is 0.0210. The molecule has 2 unspecified atom stereocenters. The van der Waals surface area contributed by atoms with E-state index in [1.54, 1.807) is 7.11 Å². The molecule has 1 aliphatic carbocycles. The second-order valence-corrected chi connectivity index (χ2v) is 3.86. The van der Waals surface area contributed by atoms with Crippen molar-refractivity contribution in [2.24, 2.45) is 5.73 Å². The van der Waals surface area contributed by atoms with Crippen molar-refractivity contribution in [3.05, 3.63) is 12.2 Å². The smallest absolute Gasteiger partial charge is 0.135 e. The van der Waals surface area contributed by atoms with Crippen molar-refractivity contribution in [2.75, 3.05) is 13.7 Å². The molecule has 0 aromatic carbocycles. The van der Waals surface area contributed by atoms with E-state index in [2.05, 4.69) is 6.58 Å². The van der Waals surface area contributed by atoms with E-state index in [0.29, 0.717) is 25.0 Å². The van der Waals surface area contributed by atoms with Gasteiger partial charge in [-0.25, -0.2) is 4.39 Å². The Balaban J connectivity index is 2.57. The van der Waals surface area contributed by atoms with Gasteiger partial charge in [-0.2, -0.15) is 0 Å². The minimum Gasteiger partial charge on any atom is -0.380 e. The zero-order valence-electron chi connectivity index (χ0n) is 8.18. The largest absolute Gasteiger partial charge is 0.380 e. The number of halogens is 1. The summed E-state index contributed by atoms with van der Waals surface area (Å²) in [6.07, 6.45) is 2.71. The quantitative estimate of drug-likeness (QED) is 0.684. The van der Waals surface area contributed by atoms with Crippen LogP contribution in [0.2, 0.25) is 0 Å². The molecule has 0 radical (unpaired) electrons. The van der Waals surface area contributed by atoms with Gasteiger partial charge in [0, 0.05) is 19.6 Å². The number of hydrogen-bond donors (Lipinski definition) is 1. The highest BCUT2D eigenvalue weighted by molar-refractivity contribution is 5.15. The van der Waals surface area contributed by atoms with Crippen LogP contribution in [-0.2, 0) is 4.74 Å². The molecule has 0 spiro atoms. The van der Waals surface area contributed by atoms with Crippen molar-refractivity contribution >= 4 is 0 Å². The molecule has 1 rings (SSSR count). The van der Waals surface area contributed by atoms with Crippen LogP contribution in [0.3, 0.4) is 0 Å². The first-order valence-electron chi connectivity index (χ1n) is 4.70. The van der Waals surface area contributed by atoms with Gasteiger partial charge in [0.05, 0.1) is 6.61 Å². The van der Waals surface area contributed by atoms with Gasteiger partial charge in [-0.05, 0) is 24.8 Å². The molecule has 1 fully saturated rings. The molecule has 0 aromatic heterocycles. The van der Waals surface area contributed by atoms with Crippen LogP contribution in [0.4, 0.5) is 4.39 Å². The fourth-order valence-corrected chi connectivity index (χ4v) is 1.89. The maximum Gasteiger partial charge on any atom is 0.135 e. The summed E-state index contributed by atoms with van der Waals surface area (Å²) in [5, 5.41) is 0. The normalized spacial score (nSPS) is 34.5. The van der Waals surface area contributed by atoms with Crippen LogP contribution < -0.4 is 5.73 Å². The first kappa shape index (κ1) is 10.7. The van der Waals surface area contributed by atoms with Crippen LogP contribution in [0.25, 0.3) is 0 Å². The molecule has 0 heterocycles. The standard InChI is InChI=1S/C10H18FNO/c1-8(7-13-2)10(11)5-3-4-9(12)6-10/h9H,1,3-7,12H2,2H3. The van der Waals surface area contributed by atoms with Gasteiger partial charge in [0.1, 0.15) is 5.67 Å². The van der Waals surface area contributed by atoms with E-state index in [9.17, 15) is 4.39 Å². The van der Waals surface area contributed by atoms with E-state index >= 15 is 0 Å². The topological polar surface area (TPSA) is 35.2 Å². The van der Waals surface area contributed by atoms with Crippen molar-refractivity contribution in [3.63, 3.8) is 0 Å². The SMILES string of the molecule is C=C(COC)C1(F)CCCC(N)C1. The third-order valence-electron chi connectivity index (χ3n) is 2.69. The number of nitrogens with two attached hydrogens (primary N) is 1. The van der Waals surface area contributed by atoms with Crippen molar-refractivity contribution in [3.8, 4) is 0 Å². The van der Waals surface area contributed by atoms with Gasteiger partial charge in [-0.3, -0.25) is 0 Å². The van der Waals surface area contributed by atoms with Crippen LogP contribution in [-0.4, -0.2) is 25.4 Å². The number of methoxy groups -OCH3 is 1. The van der Waals surface area contributed by atoms with Gasteiger partial charge in [0.15, 0.2) is 0 Å². The Morgan fingerprint density at radius 1 is 1.77 bits per heavy atom. The Kier molecular flexibility index (Phi) is 3.45. The first-order chi connectivity index (χ1) is 6.08. The van der Waals surface area contributed by atoms with E-state index in [1.165, 1.54) is 0 Å². The fourth-order valence-electron chi connectivity index (χ4n) is 1.89. The lowest BCUT2D eigenvalue weighted by Gasteiger charge is -2.34. The van der Waals surface area contributed by atoms with Crippen LogP contribution in [0.1, 0.15) is 25.7 Å². The molecule has 76 valence electrons. The lowest BCUT2D eigenvalue weighted by Crippen LogP contribution is -2.40. The number of rotatable bonds is 3. The van der Waals surface area contributed by atoms with Gasteiger partial charge in [0.25, 0.3) is 0 Å². The van der Waals surface area contributed by atoms with Crippen LogP contribution in [0, 0.1) is 0 Å².